The van der Waals surface area contributed by atoms with Crippen molar-refractivity contribution in [2.75, 3.05) is 0 Å². The molecule has 1 saturated heterocycles. The van der Waals surface area contributed by atoms with E-state index >= 15 is 0 Å². The van der Waals surface area contributed by atoms with Crippen LogP contribution in [0.4, 0.5) is 0 Å². The third kappa shape index (κ3) is 2.46. The summed E-state index contributed by atoms with van der Waals surface area (Å²) in [6.45, 7) is 10.2. The van der Waals surface area contributed by atoms with Crippen LogP contribution in [-0.2, 0) is 15.0 Å². The summed E-state index contributed by atoms with van der Waals surface area (Å²) in [5, 5.41) is 2.30. The Labute approximate surface area is 135 Å². The maximum atomic E-state index is 12.8. The number of hydrogen-bond acceptors (Lipinski definition) is 3. The van der Waals surface area contributed by atoms with Crippen molar-refractivity contribution in [1.82, 2.24) is 10.2 Å². The van der Waals surface area contributed by atoms with Gasteiger partial charge in [-0.05, 0) is 23.5 Å². The lowest BCUT2D eigenvalue weighted by molar-refractivity contribution is -0.136. The van der Waals surface area contributed by atoms with Crippen LogP contribution in [0.3, 0.4) is 0 Å². The molecular formula is C18H20N2O3. The SMILES string of the molecule is C=C1c2ccc(C(C)(C)C)cc2C(=O)N1C1CCC(=O)NC1=O. The van der Waals surface area contributed by atoms with Crippen LogP contribution in [0.15, 0.2) is 24.8 Å². The Morgan fingerprint density at radius 2 is 1.87 bits per heavy atom. The van der Waals surface area contributed by atoms with Crippen LogP contribution in [-0.4, -0.2) is 28.7 Å². The topological polar surface area (TPSA) is 66.5 Å². The predicted molar refractivity (Wildman–Crippen MR) is 86.5 cm³/mol. The minimum absolute atomic E-state index is 0.0707. The zero-order chi connectivity index (χ0) is 16.9. The van der Waals surface area contributed by atoms with Crippen LogP contribution in [0.2, 0.25) is 0 Å². The van der Waals surface area contributed by atoms with Gasteiger partial charge < -0.3 is 0 Å². The first-order chi connectivity index (χ1) is 10.7. The second-order valence-corrected chi connectivity index (χ2v) is 7.10. The molecule has 0 saturated carbocycles. The quantitative estimate of drug-likeness (QED) is 0.809. The monoisotopic (exact) mass is 312 g/mol. The largest absolute Gasteiger partial charge is 0.296 e. The van der Waals surface area contributed by atoms with Gasteiger partial charge in [-0.15, -0.1) is 0 Å². The van der Waals surface area contributed by atoms with E-state index in [9.17, 15) is 14.4 Å². The van der Waals surface area contributed by atoms with Gasteiger partial charge >= 0.3 is 0 Å². The molecule has 1 fully saturated rings. The lowest BCUT2D eigenvalue weighted by atomic mass is 9.85. The molecule has 23 heavy (non-hydrogen) atoms. The van der Waals surface area contributed by atoms with E-state index < -0.39 is 11.9 Å². The van der Waals surface area contributed by atoms with Crippen molar-refractivity contribution < 1.29 is 14.4 Å². The number of imide groups is 1. The number of nitrogens with one attached hydrogen (secondary N) is 1. The predicted octanol–water partition coefficient (Wildman–Crippen LogP) is 2.22. The summed E-state index contributed by atoms with van der Waals surface area (Å²) in [6.07, 6.45) is 0.562. The minimum atomic E-state index is -0.668. The van der Waals surface area contributed by atoms with Crippen molar-refractivity contribution in [3.63, 3.8) is 0 Å². The Morgan fingerprint density at radius 3 is 2.48 bits per heavy atom. The molecule has 0 aromatic heterocycles. The lowest BCUT2D eigenvalue weighted by Crippen LogP contribution is -2.52. The summed E-state index contributed by atoms with van der Waals surface area (Å²) in [7, 11) is 0. The fraction of sp³-hybridized carbons (Fsp3) is 0.389. The first-order valence-electron chi connectivity index (χ1n) is 7.71. The Hall–Kier alpha value is -2.43. The van der Waals surface area contributed by atoms with E-state index in [0.29, 0.717) is 17.7 Å². The summed E-state index contributed by atoms with van der Waals surface area (Å²) in [5.74, 6) is -0.943. The molecule has 1 aromatic rings. The Kier molecular flexibility index (Phi) is 3.39. The average Bonchev–Trinajstić information content (AvgIpc) is 2.71. The molecule has 1 aromatic carbocycles. The normalized spacial score (nSPS) is 21.5. The molecule has 3 rings (SSSR count). The van der Waals surface area contributed by atoms with Crippen LogP contribution in [0.25, 0.3) is 5.70 Å². The standard InChI is InChI=1S/C18H20N2O3/c1-10-12-6-5-11(18(2,3)4)9-13(12)17(23)20(10)14-7-8-15(21)19-16(14)22/h5-6,9,14H,1,7-8H2,2-4H3,(H,19,21,22). The molecule has 0 bridgehead atoms. The molecule has 0 spiro atoms. The highest BCUT2D eigenvalue weighted by Gasteiger charge is 2.41. The van der Waals surface area contributed by atoms with Crippen LogP contribution in [0, 0.1) is 0 Å². The Bertz CT molecular complexity index is 743. The van der Waals surface area contributed by atoms with Crippen molar-refractivity contribution in [3.05, 3.63) is 41.5 Å². The van der Waals surface area contributed by atoms with Crippen LogP contribution >= 0.6 is 0 Å². The van der Waals surface area contributed by atoms with E-state index in [4.69, 9.17) is 0 Å². The molecule has 2 heterocycles. The molecule has 5 nitrogen and oxygen atoms in total. The van der Waals surface area contributed by atoms with Crippen LogP contribution in [0.1, 0.15) is 55.1 Å². The second kappa shape index (κ2) is 5.05. The number of nitrogens with zero attached hydrogens (tertiary/aromatic N) is 1. The van der Waals surface area contributed by atoms with Gasteiger partial charge in [-0.2, -0.15) is 0 Å². The van der Waals surface area contributed by atoms with Crippen molar-refractivity contribution >= 4 is 23.4 Å². The first-order valence-corrected chi connectivity index (χ1v) is 7.71. The third-order valence-corrected chi connectivity index (χ3v) is 4.46. The second-order valence-electron chi connectivity index (χ2n) is 7.10. The highest BCUT2D eigenvalue weighted by Crippen LogP contribution is 2.37. The summed E-state index contributed by atoms with van der Waals surface area (Å²) in [5.41, 5.74) is 2.85. The maximum Gasteiger partial charge on any atom is 0.259 e. The van der Waals surface area contributed by atoms with Crippen molar-refractivity contribution in [1.29, 1.82) is 0 Å². The minimum Gasteiger partial charge on any atom is -0.296 e. The highest BCUT2D eigenvalue weighted by atomic mass is 16.2. The smallest absolute Gasteiger partial charge is 0.259 e. The van der Waals surface area contributed by atoms with E-state index in [-0.39, 0.29) is 23.7 Å². The number of carbonyl (C=O) groups excluding carboxylic acids is 3. The van der Waals surface area contributed by atoms with Crippen molar-refractivity contribution in [3.8, 4) is 0 Å². The molecule has 0 aliphatic carbocycles. The molecule has 1 N–H and O–H groups in total. The van der Waals surface area contributed by atoms with E-state index in [1.165, 1.54) is 4.90 Å². The molecule has 5 heteroatoms. The third-order valence-electron chi connectivity index (χ3n) is 4.46. The van der Waals surface area contributed by atoms with Gasteiger partial charge in [-0.25, -0.2) is 0 Å². The first kappa shape index (κ1) is 15.5. The van der Waals surface area contributed by atoms with Gasteiger partial charge in [0.2, 0.25) is 11.8 Å². The molecule has 1 atom stereocenters. The molecular weight excluding hydrogens is 292 g/mol. The van der Waals surface area contributed by atoms with Gasteiger partial charge in [0, 0.05) is 23.2 Å². The van der Waals surface area contributed by atoms with Crippen molar-refractivity contribution in [2.24, 2.45) is 0 Å². The van der Waals surface area contributed by atoms with E-state index in [1.807, 2.05) is 18.2 Å². The van der Waals surface area contributed by atoms with Crippen molar-refractivity contribution in [2.45, 2.75) is 45.1 Å². The van der Waals surface area contributed by atoms with Gasteiger partial charge in [-0.1, -0.05) is 39.5 Å². The summed E-state index contributed by atoms with van der Waals surface area (Å²) >= 11 is 0. The summed E-state index contributed by atoms with van der Waals surface area (Å²) < 4.78 is 0. The van der Waals surface area contributed by atoms with E-state index in [1.54, 1.807) is 0 Å². The number of carbonyl (C=O) groups is 3. The van der Waals surface area contributed by atoms with Crippen LogP contribution < -0.4 is 5.32 Å². The molecule has 1 unspecified atom stereocenters. The highest BCUT2D eigenvalue weighted by molar-refractivity contribution is 6.12. The number of fused-ring (bicyclic) bond motifs is 1. The van der Waals surface area contributed by atoms with Crippen LogP contribution in [0.5, 0.6) is 0 Å². The van der Waals surface area contributed by atoms with Gasteiger partial charge in [0.15, 0.2) is 0 Å². The number of rotatable bonds is 1. The van der Waals surface area contributed by atoms with Gasteiger partial charge in [0.1, 0.15) is 6.04 Å². The Balaban J connectivity index is 1.98. The number of benzene rings is 1. The molecule has 3 amide bonds. The number of amides is 3. The fourth-order valence-corrected chi connectivity index (χ4v) is 3.08. The summed E-state index contributed by atoms with van der Waals surface area (Å²) in [4.78, 5) is 37.6. The maximum absolute atomic E-state index is 12.8. The van der Waals surface area contributed by atoms with Gasteiger partial charge in [-0.3, -0.25) is 24.6 Å². The zero-order valence-electron chi connectivity index (χ0n) is 13.6. The average molecular weight is 312 g/mol. The molecule has 2 aliphatic rings. The van der Waals surface area contributed by atoms with Gasteiger partial charge in [0.05, 0.1) is 0 Å². The number of piperidine rings is 1. The van der Waals surface area contributed by atoms with Gasteiger partial charge in [0.25, 0.3) is 5.91 Å². The van der Waals surface area contributed by atoms with E-state index in [2.05, 4.69) is 32.7 Å². The number of hydrogen-bond donors (Lipinski definition) is 1. The zero-order valence-corrected chi connectivity index (χ0v) is 13.6. The lowest BCUT2D eigenvalue weighted by Gasteiger charge is -2.30. The molecule has 0 radical (unpaired) electrons. The fourth-order valence-electron chi connectivity index (χ4n) is 3.08. The van der Waals surface area contributed by atoms with E-state index in [0.717, 1.165) is 11.1 Å². The molecule has 120 valence electrons. The summed E-state index contributed by atoms with van der Waals surface area (Å²) in [6, 6.07) is 5.10. The molecule has 2 aliphatic heterocycles. The Morgan fingerprint density at radius 1 is 1.17 bits per heavy atom.